The first-order valence-electron chi connectivity index (χ1n) is 11.8. The van der Waals surface area contributed by atoms with E-state index in [0.717, 1.165) is 22.5 Å². The van der Waals surface area contributed by atoms with Crippen LogP contribution in [0, 0.1) is 0 Å². The van der Waals surface area contributed by atoms with Crippen molar-refractivity contribution in [3.8, 4) is 0 Å². The Kier molecular flexibility index (Phi) is 6.50. The molecule has 8 heteroatoms. The van der Waals surface area contributed by atoms with E-state index in [1.165, 1.54) is 12.1 Å². The molecule has 1 fully saturated rings. The van der Waals surface area contributed by atoms with E-state index in [-0.39, 0.29) is 5.91 Å². The average molecular weight is 491 g/mol. The number of pyridine rings is 1. The summed E-state index contributed by atoms with van der Waals surface area (Å²) in [7, 11) is 0. The zero-order chi connectivity index (χ0) is 25.1. The van der Waals surface area contributed by atoms with E-state index in [4.69, 9.17) is 4.98 Å². The van der Waals surface area contributed by atoms with Crippen LogP contribution in [0.3, 0.4) is 0 Å². The summed E-state index contributed by atoms with van der Waals surface area (Å²) in [4.78, 5) is 22.0. The zero-order valence-corrected chi connectivity index (χ0v) is 19.5. The van der Waals surface area contributed by atoms with Gasteiger partial charge in [-0.05, 0) is 35.9 Å². The van der Waals surface area contributed by atoms with Crippen LogP contribution in [-0.2, 0) is 12.7 Å². The minimum atomic E-state index is -4.37. The van der Waals surface area contributed by atoms with Gasteiger partial charge >= 0.3 is 6.18 Å². The molecule has 0 radical (unpaired) electrons. The Morgan fingerprint density at radius 3 is 2.28 bits per heavy atom. The Morgan fingerprint density at radius 1 is 0.833 bits per heavy atom. The Hall–Kier alpha value is -4.07. The van der Waals surface area contributed by atoms with Gasteiger partial charge in [-0.1, -0.05) is 54.6 Å². The molecule has 1 aromatic heterocycles. The van der Waals surface area contributed by atoms with Gasteiger partial charge < -0.3 is 15.1 Å². The Bertz CT molecular complexity index is 1370. The molecular formula is C28H25F3N4O. The number of benzene rings is 3. The molecule has 3 aromatic carbocycles. The van der Waals surface area contributed by atoms with E-state index in [1.54, 1.807) is 6.07 Å². The maximum Gasteiger partial charge on any atom is 0.416 e. The Labute approximate surface area is 207 Å². The number of nitrogens with zero attached hydrogens (tertiary/aromatic N) is 3. The van der Waals surface area contributed by atoms with Gasteiger partial charge in [-0.15, -0.1) is 0 Å². The van der Waals surface area contributed by atoms with Crippen molar-refractivity contribution >= 4 is 28.3 Å². The van der Waals surface area contributed by atoms with Gasteiger partial charge in [0.1, 0.15) is 5.82 Å². The molecule has 1 saturated heterocycles. The number of rotatable bonds is 5. The second-order valence-corrected chi connectivity index (χ2v) is 8.74. The number of anilines is 2. The fraction of sp³-hybridized carbons (Fsp3) is 0.214. The van der Waals surface area contributed by atoms with Crippen molar-refractivity contribution in [2.75, 3.05) is 36.0 Å². The predicted octanol–water partition coefficient (Wildman–Crippen LogP) is 5.51. The number of carbonyl (C=O) groups is 1. The van der Waals surface area contributed by atoms with Gasteiger partial charge in [0.25, 0.3) is 5.91 Å². The van der Waals surface area contributed by atoms with Crippen LogP contribution in [0.1, 0.15) is 21.5 Å². The minimum absolute atomic E-state index is 0.179. The quantitative estimate of drug-likeness (QED) is 0.401. The number of nitrogens with one attached hydrogen (secondary N) is 1. The van der Waals surface area contributed by atoms with Gasteiger partial charge in [0.2, 0.25) is 0 Å². The third-order valence-corrected chi connectivity index (χ3v) is 6.39. The fourth-order valence-electron chi connectivity index (χ4n) is 4.46. The zero-order valence-electron chi connectivity index (χ0n) is 19.5. The summed E-state index contributed by atoms with van der Waals surface area (Å²) in [6, 6.07) is 24.5. The highest BCUT2D eigenvalue weighted by atomic mass is 19.4. The number of carbonyl (C=O) groups excluding carboxylic acids is 1. The van der Waals surface area contributed by atoms with Gasteiger partial charge in [0.15, 0.2) is 0 Å². The van der Waals surface area contributed by atoms with Crippen molar-refractivity contribution in [1.29, 1.82) is 0 Å². The van der Waals surface area contributed by atoms with Crippen molar-refractivity contribution in [3.63, 3.8) is 0 Å². The number of aromatic nitrogens is 1. The van der Waals surface area contributed by atoms with Crippen molar-refractivity contribution in [1.82, 2.24) is 10.3 Å². The average Bonchev–Trinajstić information content (AvgIpc) is 2.91. The second kappa shape index (κ2) is 9.89. The molecule has 1 amide bonds. The van der Waals surface area contributed by atoms with Crippen LogP contribution in [0.5, 0.6) is 0 Å². The molecule has 5 nitrogen and oxygen atoms in total. The van der Waals surface area contributed by atoms with Crippen LogP contribution in [0.15, 0.2) is 84.9 Å². The number of para-hydroxylation sites is 1. The molecule has 0 saturated carbocycles. The van der Waals surface area contributed by atoms with Gasteiger partial charge in [-0.25, -0.2) is 4.98 Å². The molecule has 2 heterocycles. The highest BCUT2D eigenvalue weighted by molar-refractivity contribution is 6.07. The third-order valence-electron chi connectivity index (χ3n) is 6.39. The topological polar surface area (TPSA) is 48.5 Å². The number of alkyl halides is 3. The lowest BCUT2D eigenvalue weighted by Crippen LogP contribution is -2.47. The van der Waals surface area contributed by atoms with E-state index in [0.29, 0.717) is 49.8 Å². The summed E-state index contributed by atoms with van der Waals surface area (Å²) in [6.45, 7) is 2.66. The van der Waals surface area contributed by atoms with Crippen LogP contribution in [0.25, 0.3) is 10.9 Å². The SMILES string of the molecule is O=C(NCc1ccccc1)c1cc(N2CCN(c3cccc(C(F)(F)F)c3)CC2)nc2ccccc12. The molecule has 0 unspecified atom stereocenters. The van der Waals surface area contributed by atoms with Gasteiger partial charge in [-0.2, -0.15) is 13.2 Å². The second-order valence-electron chi connectivity index (χ2n) is 8.74. The first-order chi connectivity index (χ1) is 17.4. The van der Waals surface area contributed by atoms with Crippen LogP contribution in [0.4, 0.5) is 24.7 Å². The third kappa shape index (κ3) is 5.12. The smallest absolute Gasteiger partial charge is 0.368 e. The van der Waals surface area contributed by atoms with Gasteiger partial charge in [0, 0.05) is 43.8 Å². The monoisotopic (exact) mass is 490 g/mol. The van der Waals surface area contributed by atoms with E-state index in [9.17, 15) is 18.0 Å². The lowest BCUT2D eigenvalue weighted by molar-refractivity contribution is -0.137. The van der Waals surface area contributed by atoms with Crippen molar-refractivity contribution in [2.45, 2.75) is 12.7 Å². The highest BCUT2D eigenvalue weighted by Gasteiger charge is 2.31. The van der Waals surface area contributed by atoms with Crippen LogP contribution in [-0.4, -0.2) is 37.1 Å². The molecule has 1 aliphatic heterocycles. The molecule has 36 heavy (non-hydrogen) atoms. The molecule has 1 aliphatic rings. The standard InChI is InChI=1S/C28H25F3N4O/c29-28(30,31)21-9-6-10-22(17-21)34-13-15-35(16-14-34)26-18-24(23-11-4-5-12-25(23)33-26)27(36)32-19-20-7-2-1-3-8-20/h1-12,17-18H,13-16,19H2,(H,32,36). The van der Waals surface area contributed by atoms with Crippen LogP contribution >= 0.6 is 0 Å². The van der Waals surface area contributed by atoms with Gasteiger partial charge in [-0.3, -0.25) is 4.79 Å². The number of amides is 1. The lowest BCUT2D eigenvalue weighted by atomic mass is 10.1. The highest BCUT2D eigenvalue weighted by Crippen LogP contribution is 2.32. The largest absolute Gasteiger partial charge is 0.416 e. The summed E-state index contributed by atoms with van der Waals surface area (Å²) < 4.78 is 39.4. The lowest BCUT2D eigenvalue weighted by Gasteiger charge is -2.37. The van der Waals surface area contributed by atoms with Crippen LogP contribution < -0.4 is 15.1 Å². The minimum Gasteiger partial charge on any atom is -0.368 e. The molecule has 1 N–H and O–H groups in total. The number of piperazine rings is 1. The summed E-state index contributed by atoms with van der Waals surface area (Å²) in [5.74, 6) is 0.503. The molecular weight excluding hydrogens is 465 g/mol. The first kappa shape index (κ1) is 23.7. The molecule has 5 rings (SSSR count). The number of halogens is 3. The first-order valence-corrected chi connectivity index (χ1v) is 11.8. The van der Waals surface area contributed by atoms with Crippen LogP contribution in [0.2, 0.25) is 0 Å². The van der Waals surface area contributed by atoms with Gasteiger partial charge in [0.05, 0.1) is 16.6 Å². The van der Waals surface area contributed by atoms with Crippen molar-refractivity contribution in [3.05, 3.63) is 102 Å². The summed E-state index contributed by atoms with van der Waals surface area (Å²) >= 11 is 0. The van der Waals surface area contributed by atoms with Crippen molar-refractivity contribution < 1.29 is 18.0 Å². The van der Waals surface area contributed by atoms with Crippen molar-refractivity contribution in [2.24, 2.45) is 0 Å². The molecule has 0 aliphatic carbocycles. The summed E-state index contributed by atoms with van der Waals surface area (Å²) in [5, 5.41) is 3.77. The summed E-state index contributed by atoms with van der Waals surface area (Å²) in [5.41, 5.74) is 2.18. The number of hydrogen-bond donors (Lipinski definition) is 1. The van der Waals surface area contributed by atoms with E-state index in [1.807, 2.05) is 65.6 Å². The fourth-order valence-corrected chi connectivity index (χ4v) is 4.46. The van der Waals surface area contributed by atoms with E-state index >= 15 is 0 Å². The molecule has 0 bridgehead atoms. The maximum atomic E-state index is 13.2. The predicted molar refractivity (Wildman–Crippen MR) is 135 cm³/mol. The Morgan fingerprint density at radius 2 is 1.53 bits per heavy atom. The normalized spacial score (nSPS) is 14.2. The maximum absolute atomic E-state index is 13.2. The molecule has 0 spiro atoms. The Balaban J connectivity index is 1.34. The number of fused-ring (bicyclic) bond motifs is 1. The molecule has 0 atom stereocenters. The molecule has 184 valence electrons. The number of hydrogen-bond acceptors (Lipinski definition) is 4. The van der Waals surface area contributed by atoms with E-state index < -0.39 is 11.7 Å². The molecule has 4 aromatic rings. The van der Waals surface area contributed by atoms with E-state index in [2.05, 4.69) is 10.2 Å². The summed E-state index contributed by atoms with van der Waals surface area (Å²) in [6.07, 6.45) is -4.37.